The lowest BCUT2D eigenvalue weighted by molar-refractivity contribution is 0.169. The van der Waals surface area contributed by atoms with Crippen molar-refractivity contribution < 1.29 is 0 Å². The predicted molar refractivity (Wildman–Crippen MR) is 78.8 cm³/mol. The molecular weight excluding hydrogens is 218 g/mol. The van der Waals surface area contributed by atoms with Gasteiger partial charge in [-0.3, -0.25) is 0 Å². The van der Waals surface area contributed by atoms with Crippen molar-refractivity contribution in [2.24, 2.45) is 11.1 Å². The molecule has 0 aromatic heterocycles. The van der Waals surface area contributed by atoms with E-state index in [0.29, 0.717) is 11.5 Å². The number of hydrogen-bond acceptors (Lipinski definition) is 1. The second-order valence-corrected chi connectivity index (χ2v) is 6.44. The van der Waals surface area contributed by atoms with Crippen LogP contribution in [0.3, 0.4) is 0 Å². The third-order valence-electron chi connectivity index (χ3n) is 4.92. The van der Waals surface area contributed by atoms with Crippen LogP contribution in [0.5, 0.6) is 0 Å². The van der Waals surface area contributed by atoms with Crippen molar-refractivity contribution in [3.63, 3.8) is 0 Å². The molecule has 1 fully saturated rings. The molecule has 0 aliphatic heterocycles. The Kier molecular flexibility index (Phi) is 4.11. The van der Waals surface area contributed by atoms with E-state index in [1.807, 2.05) is 0 Å². The predicted octanol–water partition coefficient (Wildman–Crippen LogP) is 4.14. The van der Waals surface area contributed by atoms with Gasteiger partial charge >= 0.3 is 0 Å². The lowest BCUT2D eigenvalue weighted by Gasteiger charge is -2.39. The summed E-state index contributed by atoms with van der Waals surface area (Å²) in [6, 6.07) is 7.08. The maximum atomic E-state index is 6.50. The number of rotatable bonds is 3. The average molecular weight is 245 g/mol. The van der Waals surface area contributed by atoms with Gasteiger partial charge in [-0.1, -0.05) is 44.4 Å². The Balaban J connectivity index is 2.05. The van der Waals surface area contributed by atoms with Gasteiger partial charge in [0, 0.05) is 6.04 Å². The molecule has 1 atom stereocenters. The minimum Gasteiger partial charge on any atom is -0.327 e. The van der Waals surface area contributed by atoms with Crippen molar-refractivity contribution in [1.82, 2.24) is 0 Å². The lowest BCUT2D eigenvalue weighted by atomic mass is 9.69. The van der Waals surface area contributed by atoms with Crippen LogP contribution in [0.25, 0.3) is 0 Å². The van der Waals surface area contributed by atoms with Gasteiger partial charge in [0.15, 0.2) is 0 Å². The summed E-state index contributed by atoms with van der Waals surface area (Å²) >= 11 is 0. The zero-order chi connectivity index (χ0) is 13.2. The second kappa shape index (κ2) is 5.44. The van der Waals surface area contributed by atoms with Gasteiger partial charge in [-0.25, -0.2) is 0 Å². The third-order valence-corrected chi connectivity index (χ3v) is 4.92. The fraction of sp³-hybridized carbons (Fsp3) is 0.647. The molecule has 1 nitrogen and oxygen atoms in total. The van der Waals surface area contributed by atoms with Gasteiger partial charge in [0.05, 0.1) is 0 Å². The van der Waals surface area contributed by atoms with Gasteiger partial charge < -0.3 is 5.73 Å². The van der Waals surface area contributed by atoms with Gasteiger partial charge in [0.1, 0.15) is 0 Å². The molecule has 1 aromatic carbocycles. The van der Waals surface area contributed by atoms with Crippen LogP contribution in [-0.2, 0) is 6.42 Å². The zero-order valence-corrected chi connectivity index (χ0v) is 12.1. The van der Waals surface area contributed by atoms with E-state index in [9.17, 15) is 0 Å². The number of aryl methyl sites for hydroxylation is 2. The summed E-state index contributed by atoms with van der Waals surface area (Å²) < 4.78 is 0. The van der Waals surface area contributed by atoms with E-state index in [4.69, 9.17) is 5.73 Å². The molecule has 0 saturated heterocycles. The summed E-state index contributed by atoms with van der Waals surface area (Å²) in [5.74, 6) is 0. The van der Waals surface area contributed by atoms with Crippen LogP contribution in [-0.4, -0.2) is 6.04 Å². The van der Waals surface area contributed by atoms with Crippen molar-refractivity contribution in [2.45, 2.75) is 65.3 Å². The second-order valence-electron chi connectivity index (χ2n) is 6.44. The molecule has 1 aromatic rings. The maximum absolute atomic E-state index is 6.50. The monoisotopic (exact) mass is 245 g/mol. The van der Waals surface area contributed by atoms with Gasteiger partial charge in [-0.05, 0) is 55.2 Å². The van der Waals surface area contributed by atoms with E-state index >= 15 is 0 Å². The third kappa shape index (κ3) is 2.95. The molecular formula is C17H27N. The Morgan fingerprint density at radius 2 is 1.78 bits per heavy atom. The summed E-state index contributed by atoms with van der Waals surface area (Å²) in [4.78, 5) is 0. The fourth-order valence-electron chi connectivity index (χ4n) is 3.16. The summed E-state index contributed by atoms with van der Waals surface area (Å²) in [5, 5.41) is 0. The molecule has 1 heteroatoms. The Morgan fingerprint density at radius 3 is 2.39 bits per heavy atom. The van der Waals surface area contributed by atoms with Crippen LogP contribution >= 0.6 is 0 Å². The first-order valence-electron chi connectivity index (χ1n) is 7.33. The van der Waals surface area contributed by atoms with Gasteiger partial charge in [0.2, 0.25) is 0 Å². The average Bonchev–Trinajstić information content (AvgIpc) is 2.35. The highest BCUT2D eigenvalue weighted by molar-refractivity contribution is 5.30. The molecule has 1 saturated carbocycles. The highest BCUT2D eigenvalue weighted by Gasteiger charge is 2.32. The van der Waals surface area contributed by atoms with Crippen molar-refractivity contribution in [1.29, 1.82) is 0 Å². The number of nitrogens with two attached hydrogens (primary N) is 1. The minimum atomic E-state index is 0.305. The van der Waals surface area contributed by atoms with Crippen LogP contribution in [0.4, 0.5) is 0 Å². The number of benzene rings is 1. The maximum Gasteiger partial charge on any atom is 0.0133 e. The van der Waals surface area contributed by atoms with Gasteiger partial charge in [-0.15, -0.1) is 0 Å². The van der Waals surface area contributed by atoms with E-state index in [1.165, 1.54) is 48.8 Å². The van der Waals surface area contributed by atoms with Crippen molar-refractivity contribution in [2.75, 3.05) is 0 Å². The van der Waals surface area contributed by atoms with Gasteiger partial charge in [0.25, 0.3) is 0 Å². The highest BCUT2D eigenvalue weighted by atomic mass is 14.7. The zero-order valence-electron chi connectivity index (χ0n) is 12.1. The Labute approximate surface area is 112 Å². The first-order valence-corrected chi connectivity index (χ1v) is 7.33. The molecule has 0 radical (unpaired) electrons. The minimum absolute atomic E-state index is 0.305. The largest absolute Gasteiger partial charge is 0.327 e. The normalized spacial score (nSPS) is 20.7. The summed E-state index contributed by atoms with van der Waals surface area (Å²) in [6.07, 6.45) is 7.75. The molecule has 0 amide bonds. The molecule has 1 aliphatic rings. The van der Waals surface area contributed by atoms with E-state index in [2.05, 4.69) is 39.0 Å². The molecule has 18 heavy (non-hydrogen) atoms. The van der Waals surface area contributed by atoms with E-state index in [1.54, 1.807) is 0 Å². The quantitative estimate of drug-likeness (QED) is 0.851. The van der Waals surface area contributed by atoms with Crippen LogP contribution < -0.4 is 5.73 Å². The first-order chi connectivity index (χ1) is 8.51. The molecule has 1 unspecified atom stereocenters. The lowest BCUT2D eigenvalue weighted by Crippen LogP contribution is -2.42. The Hall–Kier alpha value is -0.820. The Morgan fingerprint density at radius 1 is 1.11 bits per heavy atom. The molecule has 0 bridgehead atoms. The topological polar surface area (TPSA) is 26.0 Å². The van der Waals surface area contributed by atoms with Crippen LogP contribution in [0.1, 0.15) is 55.7 Å². The molecule has 2 rings (SSSR count). The fourth-order valence-corrected chi connectivity index (χ4v) is 3.16. The smallest absolute Gasteiger partial charge is 0.0133 e. The van der Waals surface area contributed by atoms with E-state index < -0.39 is 0 Å². The SMILES string of the molecule is Cc1ccc(CC(N)C2(C)CCCCC2)cc1C. The standard InChI is InChI=1S/C17H27N/c1-13-7-8-15(11-14(13)2)12-16(18)17(3)9-5-4-6-10-17/h7-8,11,16H,4-6,9-10,12,18H2,1-3H3. The summed E-state index contributed by atoms with van der Waals surface area (Å²) in [7, 11) is 0. The molecule has 0 spiro atoms. The summed E-state index contributed by atoms with van der Waals surface area (Å²) in [5.41, 5.74) is 11.0. The van der Waals surface area contributed by atoms with Crippen LogP contribution in [0.2, 0.25) is 0 Å². The molecule has 0 heterocycles. The first kappa shape index (κ1) is 13.6. The highest BCUT2D eigenvalue weighted by Crippen LogP contribution is 2.39. The van der Waals surface area contributed by atoms with Crippen molar-refractivity contribution in [3.05, 3.63) is 34.9 Å². The van der Waals surface area contributed by atoms with Gasteiger partial charge in [-0.2, -0.15) is 0 Å². The summed E-state index contributed by atoms with van der Waals surface area (Å²) in [6.45, 7) is 6.74. The molecule has 1 aliphatic carbocycles. The Bertz CT molecular complexity index is 402. The molecule has 100 valence electrons. The molecule has 2 N–H and O–H groups in total. The van der Waals surface area contributed by atoms with Crippen molar-refractivity contribution in [3.8, 4) is 0 Å². The van der Waals surface area contributed by atoms with Crippen molar-refractivity contribution >= 4 is 0 Å². The van der Waals surface area contributed by atoms with E-state index in [-0.39, 0.29) is 0 Å². The van der Waals surface area contributed by atoms with Crippen LogP contribution in [0, 0.1) is 19.3 Å². The van der Waals surface area contributed by atoms with Crippen LogP contribution in [0.15, 0.2) is 18.2 Å². The number of hydrogen-bond donors (Lipinski definition) is 1. The van der Waals surface area contributed by atoms with E-state index in [0.717, 1.165) is 6.42 Å².